The molecule has 0 saturated carbocycles. The van der Waals surface area contributed by atoms with E-state index in [-0.39, 0.29) is 17.3 Å². The lowest BCUT2D eigenvalue weighted by Crippen LogP contribution is -2.39. The second kappa shape index (κ2) is 10.0. The van der Waals surface area contributed by atoms with Gasteiger partial charge in [-0.2, -0.15) is 0 Å². The van der Waals surface area contributed by atoms with Crippen molar-refractivity contribution in [2.75, 3.05) is 6.61 Å². The van der Waals surface area contributed by atoms with Crippen LogP contribution >= 0.6 is 0 Å². The predicted octanol–water partition coefficient (Wildman–Crippen LogP) is 4.96. The molecule has 1 aromatic rings. The molecule has 0 bridgehead atoms. The van der Waals surface area contributed by atoms with Crippen LogP contribution in [0.2, 0.25) is 0 Å². The quantitative estimate of drug-likeness (QED) is 0.446. The average molecular weight is 470 g/mol. The molecule has 1 aromatic carbocycles. The van der Waals surface area contributed by atoms with Crippen LogP contribution in [0.4, 0.5) is 0 Å². The highest BCUT2D eigenvalue weighted by Gasteiger charge is 2.43. The van der Waals surface area contributed by atoms with Crippen molar-refractivity contribution in [2.45, 2.75) is 79.8 Å². The summed E-state index contributed by atoms with van der Waals surface area (Å²) < 4.78 is 16.7. The fraction of sp³-hybridized carbons (Fsp3) is 0.519. The molecule has 0 radical (unpaired) electrons. The van der Waals surface area contributed by atoms with E-state index in [1.54, 1.807) is 18.2 Å². The third kappa shape index (κ3) is 5.34. The van der Waals surface area contributed by atoms with Crippen molar-refractivity contribution in [3.05, 3.63) is 46.3 Å². The van der Waals surface area contributed by atoms with Crippen molar-refractivity contribution in [1.29, 1.82) is 0 Å². The molecule has 0 unspecified atom stereocenters. The van der Waals surface area contributed by atoms with Crippen molar-refractivity contribution >= 4 is 17.7 Å². The van der Waals surface area contributed by atoms with Gasteiger partial charge in [0.2, 0.25) is 0 Å². The number of carbonyl (C=O) groups excluding carboxylic acids is 3. The standard InChI is InChI=1S/C27H35NO6/c1-8-15(3)33-26(31)23-16(4)28-19-13-27(6,7)14-20(30)25(19)24(23)18-10-11-21(34-17(5)29)22(12-18)32-9-2/h10-12,15,24,28H,8-9,13-14H2,1-7H3/t15-,24+/m0/s1. The second-order valence-corrected chi connectivity index (χ2v) is 9.79. The van der Waals surface area contributed by atoms with Crippen LogP contribution in [0, 0.1) is 5.41 Å². The minimum Gasteiger partial charge on any atom is -0.490 e. The molecule has 1 N–H and O–H groups in total. The zero-order valence-corrected chi connectivity index (χ0v) is 21.2. The summed E-state index contributed by atoms with van der Waals surface area (Å²) in [4.78, 5) is 38.3. The summed E-state index contributed by atoms with van der Waals surface area (Å²) in [7, 11) is 0. The van der Waals surface area contributed by atoms with Gasteiger partial charge in [-0.15, -0.1) is 0 Å². The van der Waals surface area contributed by atoms with E-state index < -0.39 is 17.9 Å². The number of carbonyl (C=O) groups is 3. The summed E-state index contributed by atoms with van der Waals surface area (Å²) in [5, 5.41) is 3.34. The second-order valence-electron chi connectivity index (χ2n) is 9.79. The number of esters is 2. The van der Waals surface area contributed by atoms with Crippen LogP contribution in [0.15, 0.2) is 40.7 Å². The summed E-state index contributed by atoms with van der Waals surface area (Å²) in [5.74, 6) is -0.836. The van der Waals surface area contributed by atoms with Crippen LogP contribution in [0.3, 0.4) is 0 Å². The molecular formula is C27H35NO6. The lowest BCUT2D eigenvalue weighted by atomic mass is 9.68. The van der Waals surface area contributed by atoms with E-state index in [1.165, 1.54) is 6.92 Å². The lowest BCUT2D eigenvalue weighted by Gasteiger charge is -2.39. The van der Waals surface area contributed by atoms with Crippen LogP contribution < -0.4 is 14.8 Å². The van der Waals surface area contributed by atoms with Gasteiger partial charge in [-0.1, -0.05) is 26.8 Å². The molecule has 7 heteroatoms. The normalized spacial score (nSPS) is 20.3. The summed E-state index contributed by atoms with van der Waals surface area (Å²) in [5.41, 5.74) is 3.03. The fourth-order valence-corrected chi connectivity index (χ4v) is 4.58. The van der Waals surface area contributed by atoms with Gasteiger partial charge in [-0.25, -0.2) is 4.79 Å². The maximum atomic E-state index is 13.4. The highest BCUT2D eigenvalue weighted by molar-refractivity contribution is 6.04. The summed E-state index contributed by atoms with van der Waals surface area (Å²) >= 11 is 0. The van der Waals surface area contributed by atoms with Gasteiger partial charge in [0.05, 0.1) is 18.3 Å². The number of hydrogen-bond acceptors (Lipinski definition) is 7. The van der Waals surface area contributed by atoms with Crippen LogP contribution in [-0.4, -0.2) is 30.4 Å². The molecule has 7 nitrogen and oxygen atoms in total. The molecule has 2 atom stereocenters. The molecule has 0 saturated heterocycles. The number of ether oxygens (including phenoxy) is 3. The molecule has 2 aliphatic rings. The van der Waals surface area contributed by atoms with Gasteiger partial charge in [0.1, 0.15) is 0 Å². The minimum atomic E-state index is -0.609. The Hall–Kier alpha value is -3.09. The van der Waals surface area contributed by atoms with Gasteiger partial charge < -0.3 is 19.5 Å². The van der Waals surface area contributed by atoms with Gasteiger partial charge in [0.15, 0.2) is 17.3 Å². The SMILES string of the molecule is CCOc1cc([C@@H]2C(C(=O)O[C@@H](C)CC)=C(C)NC3=C2C(=O)CC(C)(C)C3)ccc1OC(C)=O. The molecule has 184 valence electrons. The molecule has 34 heavy (non-hydrogen) atoms. The maximum Gasteiger partial charge on any atom is 0.337 e. The Morgan fingerprint density at radius 2 is 1.88 bits per heavy atom. The molecule has 1 aliphatic carbocycles. The van der Waals surface area contributed by atoms with Crippen molar-refractivity contribution in [1.82, 2.24) is 5.32 Å². The Kier molecular flexibility index (Phi) is 7.54. The molecule has 0 aromatic heterocycles. The Balaban J connectivity index is 2.18. The van der Waals surface area contributed by atoms with E-state index in [0.29, 0.717) is 59.8 Å². The number of allylic oxidation sites excluding steroid dienone is 3. The van der Waals surface area contributed by atoms with E-state index in [9.17, 15) is 14.4 Å². The van der Waals surface area contributed by atoms with Gasteiger partial charge >= 0.3 is 11.9 Å². The van der Waals surface area contributed by atoms with E-state index in [4.69, 9.17) is 14.2 Å². The minimum absolute atomic E-state index is 0.00659. The Morgan fingerprint density at radius 1 is 1.18 bits per heavy atom. The van der Waals surface area contributed by atoms with Gasteiger partial charge in [0, 0.05) is 36.2 Å². The van der Waals surface area contributed by atoms with Crippen LogP contribution in [-0.2, 0) is 19.1 Å². The van der Waals surface area contributed by atoms with Gasteiger partial charge in [-0.3, -0.25) is 9.59 Å². The van der Waals surface area contributed by atoms with E-state index in [0.717, 1.165) is 5.70 Å². The number of rotatable bonds is 7. The molecular weight excluding hydrogens is 434 g/mol. The van der Waals surface area contributed by atoms with Crippen LogP contribution in [0.5, 0.6) is 11.5 Å². The zero-order chi connectivity index (χ0) is 25.2. The first-order valence-electron chi connectivity index (χ1n) is 11.9. The summed E-state index contributed by atoms with van der Waals surface area (Å²) in [6.45, 7) is 13.3. The number of ketones is 1. The molecule has 0 fully saturated rings. The molecule has 0 spiro atoms. The Labute approximate surface area is 201 Å². The van der Waals surface area contributed by atoms with E-state index >= 15 is 0 Å². The van der Waals surface area contributed by atoms with Gasteiger partial charge in [0.25, 0.3) is 0 Å². The van der Waals surface area contributed by atoms with Gasteiger partial charge in [-0.05, 0) is 56.7 Å². The smallest absolute Gasteiger partial charge is 0.337 e. The first-order chi connectivity index (χ1) is 16.0. The third-order valence-corrected chi connectivity index (χ3v) is 6.20. The van der Waals surface area contributed by atoms with Crippen molar-refractivity contribution in [2.24, 2.45) is 5.41 Å². The highest BCUT2D eigenvalue weighted by atomic mass is 16.6. The predicted molar refractivity (Wildman–Crippen MR) is 128 cm³/mol. The molecule has 1 aliphatic heterocycles. The first kappa shape index (κ1) is 25.5. The van der Waals surface area contributed by atoms with Crippen LogP contribution in [0.25, 0.3) is 0 Å². The molecule has 3 rings (SSSR count). The lowest BCUT2D eigenvalue weighted by molar-refractivity contribution is -0.144. The van der Waals surface area contributed by atoms with Crippen LogP contribution in [0.1, 0.15) is 79.2 Å². The molecule has 0 amide bonds. The Morgan fingerprint density at radius 3 is 2.50 bits per heavy atom. The number of Topliss-reactive ketones (excluding diaryl/α,β-unsaturated/α-hetero) is 1. The van der Waals surface area contributed by atoms with Crippen molar-refractivity contribution < 1.29 is 28.6 Å². The monoisotopic (exact) mass is 469 g/mol. The number of dihydropyridines is 1. The topological polar surface area (TPSA) is 90.9 Å². The fourth-order valence-electron chi connectivity index (χ4n) is 4.58. The highest BCUT2D eigenvalue weighted by Crippen LogP contribution is 2.48. The Bertz CT molecular complexity index is 1060. The number of hydrogen-bond donors (Lipinski definition) is 1. The largest absolute Gasteiger partial charge is 0.490 e. The average Bonchev–Trinajstić information content (AvgIpc) is 2.72. The molecule has 1 heterocycles. The third-order valence-electron chi connectivity index (χ3n) is 6.20. The zero-order valence-electron chi connectivity index (χ0n) is 21.2. The maximum absolute atomic E-state index is 13.4. The van der Waals surface area contributed by atoms with E-state index in [1.807, 2.05) is 27.7 Å². The summed E-state index contributed by atoms with van der Waals surface area (Å²) in [6.07, 6.45) is 1.51. The number of nitrogens with one attached hydrogen (secondary N) is 1. The summed E-state index contributed by atoms with van der Waals surface area (Å²) in [6, 6.07) is 5.17. The van der Waals surface area contributed by atoms with Crippen molar-refractivity contribution in [3.63, 3.8) is 0 Å². The number of benzene rings is 1. The first-order valence-corrected chi connectivity index (χ1v) is 11.9. The van der Waals surface area contributed by atoms with E-state index in [2.05, 4.69) is 19.2 Å². The van der Waals surface area contributed by atoms with Crippen molar-refractivity contribution in [3.8, 4) is 11.5 Å².